The Morgan fingerprint density at radius 2 is 2.00 bits per heavy atom. The van der Waals surface area contributed by atoms with Crippen LogP contribution in [0.25, 0.3) is 6.08 Å². The molecule has 0 aromatic heterocycles. The molecule has 2 aromatic carbocycles. The van der Waals surface area contributed by atoms with Gasteiger partial charge in [-0.15, -0.1) is 0 Å². The molecule has 4 nitrogen and oxygen atoms in total. The molecule has 0 aliphatic heterocycles. The Morgan fingerprint density at radius 1 is 1.19 bits per heavy atom. The lowest BCUT2D eigenvalue weighted by Gasteiger charge is -2.06. The van der Waals surface area contributed by atoms with Gasteiger partial charge >= 0.3 is 6.03 Å². The zero-order chi connectivity index (χ0) is 15.1. The van der Waals surface area contributed by atoms with E-state index in [2.05, 4.69) is 10.6 Å². The highest BCUT2D eigenvalue weighted by Crippen LogP contribution is 2.16. The summed E-state index contributed by atoms with van der Waals surface area (Å²) in [5, 5.41) is 5.98. The number of benzene rings is 2. The van der Waals surface area contributed by atoms with Crippen molar-refractivity contribution < 1.29 is 9.53 Å². The first kappa shape index (κ1) is 14.9. The standard InChI is InChI=1S/C16H15ClN2O2/c1-21-15-7-3-6-14(11-15)19-16(20)18-9-8-12-4-2-5-13(17)10-12/h2-11H,1H3,(H2,18,19,20)/b9-8+. The SMILES string of the molecule is COc1cccc(NC(=O)N/C=C/c2cccc(Cl)c2)c1. The summed E-state index contributed by atoms with van der Waals surface area (Å²) >= 11 is 5.88. The van der Waals surface area contributed by atoms with E-state index in [9.17, 15) is 4.79 Å². The van der Waals surface area contributed by atoms with Gasteiger partial charge in [0.2, 0.25) is 0 Å². The Kier molecular flexibility index (Phi) is 5.23. The van der Waals surface area contributed by atoms with Gasteiger partial charge in [0.15, 0.2) is 0 Å². The van der Waals surface area contributed by atoms with E-state index in [1.165, 1.54) is 0 Å². The molecule has 0 saturated heterocycles. The van der Waals surface area contributed by atoms with Crippen LogP contribution in [0, 0.1) is 0 Å². The second-order valence-corrected chi connectivity index (χ2v) is 4.66. The minimum atomic E-state index is -0.332. The van der Waals surface area contributed by atoms with E-state index in [0.717, 1.165) is 5.56 Å². The summed E-state index contributed by atoms with van der Waals surface area (Å²) < 4.78 is 5.09. The highest BCUT2D eigenvalue weighted by Gasteiger charge is 2.00. The molecule has 0 spiro atoms. The van der Waals surface area contributed by atoms with Crippen molar-refractivity contribution in [3.63, 3.8) is 0 Å². The Balaban J connectivity index is 1.90. The molecule has 0 aliphatic rings. The van der Waals surface area contributed by atoms with E-state index < -0.39 is 0 Å². The number of carbonyl (C=O) groups is 1. The van der Waals surface area contributed by atoms with Gasteiger partial charge in [-0.1, -0.05) is 29.8 Å². The van der Waals surface area contributed by atoms with Gasteiger partial charge < -0.3 is 15.4 Å². The van der Waals surface area contributed by atoms with Crippen LogP contribution in [0.4, 0.5) is 10.5 Å². The van der Waals surface area contributed by atoms with Crippen molar-refractivity contribution in [2.75, 3.05) is 12.4 Å². The molecule has 2 N–H and O–H groups in total. The van der Waals surface area contributed by atoms with Crippen LogP contribution in [0.5, 0.6) is 5.75 Å². The van der Waals surface area contributed by atoms with E-state index in [4.69, 9.17) is 16.3 Å². The van der Waals surface area contributed by atoms with Gasteiger partial charge in [-0.2, -0.15) is 0 Å². The topological polar surface area (TPSA) is 50.4 Å². The fourth-order valence-electron chi connectivity index (χ4n) is 1.69. The average molecular weight is 303 g/mol. The molecule has 5 heteroatoms. The quantitative estimate of drug-likeness (QED) is 0.891. The normalized spacial score (nSPS) is 10.4. The van der Waals surface area contributed by atoms with Crippen molar-refractivity contribution in [2.45, 2.75) is 0 Å². The monoisotopic (exact) mass is 302 g/mol. The van der Waals surface area contributed by atoms with E-state index in [-0.39, 0.29) is 6.03 Å². The summed E-state index contributed by atoms with van der Waals surface area (Å²) in [6.45, 7) is 0. The van der Waals surface area contributed by atoms with Crippen LogP contribution in [0.1, 0.15) is 5.56 Å². The number of halogens is 1. The second-order valence-electron chi connectivity index (χ2n) is 4.22. The molecule has 21 heavy (non-hydrogen) atoms. The molecule has 0 aliphatic carbocycles. The Hall–Kier alpha value is -2.46. The summed E-state index contributed by atoms with van der Waals surface area (Å²) in [5.41, 5.74) is 1.56. The number of anilines is 1. The molecule has 2 aromatic rings. The summed E-state index contributed by atoms with van der Waals surface area (Å²) in [6, 6.07) is 14.1. The maximum atomic E-state index is 11.7. The van der Waals surface area contributed by atoms with Crippen molar-refractivity contribution >= 4 is 29.4 Å². The number of carbonyl (C=O) groups excluding carboxylic acids is 1. The number of methoxy groups -OCH3 is 1. The Labute approximate surface area is 128 Å². The third kappa shape index (κ3) is 4.85. The lowest BCUT2D eigenvalue weighted by Crippen LogP contribution is -2.23. The number of hydrogen-bond donors (Lipinski definition) is 2. The molecular weight excluding hydrogens is 288 g/mol. The first-order valence-corrected chi connectivity index (χ1v) is 6.69. The molecule has 0 radical (unpaired) electrons. The number of amides is 2. The lowest BCUT2D eigenvalue weighted by molar-refractivity contribution is 0.255. The largest absolute Gasteiger partial charge is 0.497 e. The highest BCUT2D eigenvalue weighted by atomic mass is 35.5. The number of rotatable bonds is 4. The van der Waals surface area contributed by atoms with Crippen molar-refractivity contribution in [1.29, 1.82) is 0 Å². The average Bonchev–Trinajstić information content (AvgIpc) is 2.47. The van der Waals surface area contributed by atoms with Crippen molar-refractivity contribution in [2.24, 2.45) is 0 Å². The van der Waals surface area contributed by atoms with Gasteiger partial charge in [0.1, 0.15) is 5.75 Å². The predicted octanol–water partition coefficient (Wildman–Crippen LogP) is 4.14. The Morgan fingerprint density at radius 3 is 2.76 bits per heavy atom. The minimum absolute atomic E-state index is 0.332. The van der Waals surface area contributed by atoms with Crippen molar-refractivity contribution in [3.8, 4) is 5.75 Å². The Bertz CT molecular complexity index is 656. The van der Waals surface area contributed by atoms with Gasteiger partial charge in [0, 0.05) is 23.0 Å². The second kappa shape index (κ2) is 7.36. The molecule has 0 saturated carbocycles. The van der Waals surface area contributed by atoms with E-state index >= 15 is 0 Å². The molecule has 2 amide bonds. The molecule has 2 rings (SSSR count). The minimum Gasteiger partial charge on any atom is -0.497 e. The van der Waals surface area contributed by atoms with E-state index in [1.54, 1.807) is 49.7 Å². The smallest absolute Gasteiger partial charge is 0.323 e. The van der Waals surface area contributed by atoms with Gasteiger partial charge in [0.05, 0.1) is 7.11 Å². The molecule has 0 bridgehead atoms. The van der Waals surface area contributed by atoms with Gasteiger partial charge in [-0.05, 0) is 35.9 Å². The van der Waals surface area contributed by atoms with Crippen molar-refractivity contribution in [1.82, 2.24) is 5.32 Å². The molecule has 0 atom stereocenters. The third-order valence-electron chi connectivity index (χ3n) is 2.67. The van der Waals surface area contributed by atoms with Crippen LogP contribution < -0.4 is 15.4 Å². The predicted molar refractivity (Wildman–Crippen MR) is 85.6 cm³/mol. The number of ether oxygens (including phenoxy) is 1. The maximum absolute atomic E-state index is 11.7. The fraction of sp³-hybridized carbons (Fsp3) is 0.0625. The first-order chi connectivity index (χ1) is 10.2. The zero-order valence-electron chi connectivity index (χ0n) is 11.5. The van der Waals surface area contributed by atoms with Crippen LogP contribution in [0.2, 0.25) is 5.02 Å². The number of hydrogen-bond acceptors (Lipinski definition) is 2. The van der Waals surface area contributed by atoms with E-state index in [0.29, 0.717) is 16.5 Å². The van der Waals surface area contributed by atoms with Crippen LogP contribution in [0.3, 0.4) is 0 Å². The zero-order valence-corrected chi connectivity index (χ0v) is 12.2. The van der Waals surface area contributed by atoms with Crippen molar-refractivity contribution in [3.05, 3.63) is 65.3 Å². The molecule has 0 heterocycles. The number of nitrogens with one attached hydrogen (secondary N) is 2. The summed E-state index contributed by atoms with van der Waals surface area (Å²) in [7, 11) is 1.58. The molecule has 0 unspecified atom stereocenters. The summed E-state index contributed by atoms with van der Waals surface area (Å²) in [4.78, 5) is 11.7. The summed E-state index contributed by atoms with van der Waals surface area (Å²) in [5.74, 6) is 0.683. The lowest BCUT2D eigenvalue weighted by atomic mass is 10.2. The first-order valence-electron chi connectivity index (χ1n) is 6.31. The maximum Gasteiger partial charge on any atom is 0.323 e. The van der Waals surface area contributed by atoms with Crippen LogP contribution in [-0.2, 0) is 0 Å². The highest BCUT2D eigenvalue weighted by molar-refractivity contribution is 6.30. The van der Waals surface area contributed by atoms with Gasteiger partial charge in [-0.25, -0.2) is 4.79 Å². The summed E-state index contributed by atoms with van der Waals surface area (Å²) in [6.07, 6.45) is 3.32. The van der Waals surface area contributed by atoms with Crippen LogP contribution in [0.15, 0.2) is 54.7 Å². The van der Waals surface area contributed by atoms with Gasteiger partial charge in [0.25, 0.3) is 0 Å². The molecular formula is C16H15ClN2O2. The van der Waals surface area contributed by atoms with Gasteiger partial charge in [-0.3, -0.25) is 0 Å². The van der Waals surface area contributed by atoms with Crippen LogP contribution in [-0.4, -0.2) is 13.1 Å². The molecule has 108 valence electrons. The third-order valence-corrected chi connectivity index (χ3v) is 2.90. The fourth-order valence-corrected chi connectivity index (χ4v) is 1.89. The number of urea groups is 1. The van der Waals surface area contributed by atoms with Crippen LogP contribution >= 0.6 is 11.6 Å². The molecule has 0 fully saturated rings. The van der Waals surface area contributed by atoms with E-state index in [1.807, 2.05) is 18.2 Å².